The molecule has 0 bridgehead atoms. The highest BCUT2D eigenvalue weighted by molar-refractivity contribution is 6.30. The summed E-state index contributed by atoms with van der Waals surface area (Å²) in [5.41, 5.74) is 3.11. The number of benzene rings is 2. The van der Waals surface area contributed by atoms with Gasteiger partial charge in [-0.25, -0.2) is 0 Å². The molecule has 0 spiro atoms. The molecule has 0 unspecified atom stereocenters. The van der Waals surface area contributed by atoms with Crippen molar-refractivity contribution < 1.29 is 14.5 Å². The average Bonchev–Trinajstić information content (AvgIpc) is 3.10. The van der Waals surface area contributed by atoms with Crippen molar-refractivity contribution >= 4 is 28.9 Å². The van der Waals surface area contributed by atoms with E-state index in [1.807, 2.05) is 32.9 Å². The number of non-ortho nitro benzene ring substituents is 1. The largest absolute Gasteiger partial charge is 0.457 e. The second kappa shape index (κ2) is 9.18. The third-order valence-electron chi connectivity index (χ3n) is 4.87. The molecule has 31 heavy (non-hydrogen) atoms. The number of aryl methyl sites for hydroxylation is 2. The molecule has 1 N–H and O–H groups in total. The zero-order valence-corrected chi connectivity index (χ0v) is 18.4. The van der Waals surface area contributed by atoms with E-state index in [-0.39, 0.29) is 23.0 Å². The number of aromatic nitrogens is 2. The summed E-state index contributed by atoms with van der Waals surface area (Å²) in [7, 11) is 0. The van der Waals surface area contributed by atoms with Crippen LogP contribution in [0.1, 0.15) is 23.6 Å². The molecular weight excluding hydrogens is 420 g/mol. The van der Waals surface area contributed by atoms with E-state index in [1.165, 1.54) is 18.3 Å². The number of hydrogen-bond acceptors (Lipinski definition) is 5. The molecule has 0 saturated heterocycles. The lowest BCUT2D eigenvalue weighted by Gasteiger charge is -2.15. The van der Waals surface area contributed by atoms with Crippen molar-refractivity contribution in [3.63, 3.8) is 0 Å². The Labute approximate surface area is 184 Å². The molecule has 1 heterocycles. The van der Waals surface area contributed by atoms with Gasteiger partial charge in [-0.2, -0.15) is 5.10 Å². The van der Waals surface area contributed by atoms with Crippen LogP contribution < -0.4 is 10.1 Å². The molecular formula is C22H23ClN4O4. The summed E-state index contributed by atoms with van der Waals surface area (Å²) in [5.74, 6) is 0.130. The van der Waals surface area contributed by atoms with Crippen molar-refractivity contribution in [1.29, 1.82) is 0 Å². The van der Waals surface area contributed by atoms with Crippen LogP contribution in [0.2, 0.25) is 5.02 Å². The maximum absolute atomic E-state index is 12.6. The van der Waals surface area contributed by atoms with Crippen LogP contribution in [-0.4, -0.2) is 20.6 Å². The van der Waals surface area contributed by atoms with Gasteiger partial charge in [-0.15, -0.1) is 0 Å². The van der Waals surface area contributed by atoms with Gasteiger partial charge in [0.2, 0.25) is 5.91 Å². The maximum atomic E-state index is 12.6. The molecule has 0 aliphatic rings. The fourth-order valence-corrected chi connectivity index (χ4v) is 3.28. The number of carbonyl (C=O) groups is 1. The van der Waals surface area contributed by atoms with Gasteiger partial charge in [0.25, 0.3) is 5.69 Å². The first-order chi connectivity index (χ1) is 14.6. The summed E-state index contributed by atoms with van der Waals surface area (Å²) < 4.78 is 7.53. The Morgan fingerprint density at radius 1 is 1.26 bits per heavy atom. The smallest absolute Gasteiger partial charge is 0.275 e. The van der Waals surface area contributed by atoms with Crippen molar-refractivity contribution in [2.75, 3.05) is 5.32 Å². The molecule has 3 aromatic rings. The van der Waals surface area contributed by atoms with Gasteiger partial charge in [0.1, 0.15) is 11.5 Å². The summed E-state index contributed by atoms with van der Waals surface area (Å²) in [6.07, 6.45) is 3.11. The molecule has 162 valence electrons. The molecule has 0 fully saturated rings. The van der Waals surface area contributed by atoms with Crippen molar-refractivity contribution in [3.05, 3.63) is 74.6 Å². The van der Waals surface area contributed by atoms with E-state index in [0.717, 1.165) is 16.7 Å². The molecule has 2 aromatic carbocycles. The number of nitrogens with one attached hydrogen (secondary N) is 1. The monoisotopic (exact) mass is 442 g/mol. The molecule has 1 atom stereocenters. The Morgan fingerprint density at radius 3 is 2.65 bits per heavy atom. The lowest BCUT2D eigenvalue weighted by atomic mass is 10.1. The van der Waals surface area contributed by atoms with E-state index >= 15 is 0 Å². The second-order valence-electron chi connectivity index (χ2n) is 7.55. The summed E-state index contributed by atoms with van der Waals surface area (Å²) >= 11 is 5.85. The first-order valence-corrected chi connectivity index (χ1v) is 10.0. The summed E-state index contributed by atoms with van der Waals surface area (Å²) in [6, 6.07) is 8.12. The van der Waals surface area contributed by atoms with E-state index < -0.39 is 10.8 Å². The predicted molar refractivity (Wildman–Crippen MR) is 119 cm³/mol. The van der Waals surface area contributed by atoms with E-state index in [0.29, 0.717) is 17.3 Å². The number of anilines is 1. The Kier molecular flexibility index (Phi) is 6.60. The third-order valence-corrected chi connectivity index (χ3v) is 5.07. The van der Waals surface area contributed by atoms with Gasteiger partial charge in [-0.05, 0) is 43.5 Å². The van der Waals surface area contributed by atoms with E-state index in [9.17, 15) is 14.9 Å². The van der Waals surface area contributed by atoms with Crippen LogP contribution in [-0.2, 0) is 11.3 Å². The average molecular weight is 443 g/mol. The number of ether oxygens (including phenoxy) is 1. The minimum atomic E-state index is -0.522. The quantitative estimate of drug-likeness (QED) is 0.388. The zero-order chi connectivity index (χ0) is 22.7. The number of rotatable bonds is 7. The topological polar surface area (TPSA) is 99.3 Å². The SMILES string of the molecule is Cc1cc(C)c(C)c(Oc2cc(NC(=O)[C@@H](C)Cn3cc(Cl)cn3)cc([N+](=O)[O-])c2)c1. The number of nitro benzene ring substituents is 1. The number of hydrogen-bond donors (Lipinski definition) is 1. The third kappa shape index (κ3) is 5.61. The normalized spacial score (nSPS) is 11.8. The van der Waals surface area contributed by atoms with E-state index in [4.69, 9.17) is 16.3 Å². The summed E-state index contributed by atoms with van der Waals surface area (Å²) in [5, 5.41) is 18.7. The lowest BCUT2D eigenvalue weighted by molar-refractivity contribution is -0.384. The van der Waals surface area contributed by atoms with Gasteiger partial charge in [0, 0.05) is 18.3 Å². The van der Waals surface area contributed by atoms with Gasteiger partial charge in [-0.3, -0.25) is 19.6 Å². The van der Waals surface area contributed by atoms with Crippen molar-refractivity contribution in [3.8, 4) is 11.5 Å². The first-order valence-electron chi connectivity index (χ1n) is 9.66. The van der Waals surface area contributed by atoms with Crippen molar-refractivity contribution in [1.82, 2.24) is 9.78 Å². The maximum Gasteiger partial charge on any atom is 0.275 e. The van der Waals surface area contributed by atoms with Gasteiger partial charge in [0.05, 0.1) is 40.4 Å². The van der Waals surface area contributed by atoms with Crippen LogP contribution in [0, 0.1) is 36.8 Å². The number of nitrogens with zero attached hydrogens (tertiary/aromatic N) is 3. The van der Waals surface area contributed by atoms with Crippen molar-refractivity contribution in [2.45, 2.75) is 34.2 Å². The molecule has 1 amide bonds. The number of nitro groups is 1. The Morgan fingerprint density at radius 2 is 2.00 bits per heavy atom. The Hall–Kier alpha value is -3.39. The van der Waals surface area contributed by atoms with Crippen LogP contribution >= 0.6 is 11.6 Å². The van der Waals surface area contributed by atoms with Crippen LogP contribution in [0.4, 0.5) is 11.4 Å². The number of carbonyl (C=O) groups excluding carboxylic acids is 1. The summed E-state index contributed by atoms with van der Waals surface area (Å²) in [4.78, 5) is 23.5. The predicted octanol–water partition coefficient (Wildman–Crippen LogP) is 5.44. The minimum Gasteiger partial charge on any atom is -0.457 e. The molecule has 0 aliphatic heterocycles. The standard InChI is InChI=1S/C22H23ClN4O4/c1-13-5-14(2)16(4)21(6-13)31-20-8-18(7-19(9-20)27(29)30)25-22(28)15(3)11-26-12-17(23)10-24-26/h5-10,12,15H,11H2,1-4H3,(H,25,28)/t15-/m0/s1. The van der Waals surface area contributed by atoms with Crippen LogP contribution in [0.5, 0.6) is 11.5 Å². The zero-order valence-electron chi connectivity index (χ0n) is 17.7. The molecule has 9 heteroatoms. The minimum absolute atomic E-state index is 0.179. The van der Waals surface area contributed by atoms with Gasteiger partial charge < -0.3 is 10.1 Å². The van der Waals surface area contributed by atoms with Gasteiger partial charge in [-0.1, -0.05) is 24.6 Å². The molecule has 8 nitrogen and oxygen atoms in total. The van der Waals surface area contributed by atoms with Crippen LogP contribution in [0.25, 0.3) is 0 Å². The highest BCUT2D eigenvalue weighted by Gasteiger charge is 2.18. The molecule has 1 aromatic heterocycles. The Bertz CT molecular complexity index is 1140. The highest BCUT2D eigenvalue weighted by Crippen LogP contribution is 2.33. The van der Waals surface area contributed by atoms with Crippen molar-refractivity contribution in [2.24, 2.45) is 5.92 Å². The summed E-state index contributed by atoms with van der Waals surface area (Å²) in [6.45, 7) is 7.90. The molecule has 0 aliphatic carbocycles. The van der Waals surface area contributed by atoms with Crippen LogP contribution in [0.3, 0.4) is 0 Å². The number of amides is 1. The Balaban J connectivity index is 1.83. The van der Waals surface area contributed by atoms with Gasteiger partial charge >= 0.3 is 0 Å². The fraction of sp³-hybridized carbons (Fsp3) is 0.273. The van der Waals surface area contributed by atoms with E-state index in [1.54, 1.807) is 23.9 Å². The molecule has 3 rings (SSSR count). The van der Waals surface area contributed by atoms with Gasteiger partial charge in [0.15, 0.2) is 0 Å². The molecule has 0 radical (unpaired) electrons. The fourth-order valence-electron chi connectivity index (χ4n) is 3.12. The lowest BCUT2D eigenvalue weighted by Crippen LogP contribution is -2.24. The number of halogens is 1. The highest BCUT2D eigenvalue weighted by atomic mass is 35.5. The van der Waals surface area contributed by atoms with E-state index in [2.05, 4.69) is 10.4 Å². The first kappa shape index (κ1) is 22.3. The van der Waals surface area contributed by atoms with Crippen LogP contribution in [0.15, 0.2) is 42.7 Å². The second-order valence-corrected chi connectivity index (χ2v) is 7.99. The molecule has 0 saturated carbocycles.